The quantitative estimate of drug-likeness (QED) is 0.619. The lowest BCUT2D eigenvalue weighted by Gasteiger charge is -2.13. The zero-order chi connectivity index (χ0) is 8.72. The molecule has 3 N–H and O–H groups in total. The maximum atomic E-state index is 11.3. The van der Waals surface area contributed by atoms with E-state index in [1.165, 1.54) is 0 Å². The van der Waals surface area contributed by atoms with Crippen molar-refractivity contribution in [3.63, 3.8) is 0 Å². The Bertz CT molecular complexity index is 347. The summed E-state index contributed by atoms with van der Waals surface area (Å²) < 4.78 is 1.66. The molecular formula is C7H11ClN4O. The predicted octanol–water partition coefficient (Wildman–Crippen LogP) is -0.0611. The fourth-order valence-corrected chi connectivity index (χ4v) is 1.36. The normalized spacial score (nSPS) is 14.4. The third kappa shape index (κ3) is 1.35. The topological polar surface area (TPSA) is 72.9 Å². The van der Waals surface area contributed by atoms with Gasteiger partial charge in [0.25, 0.3) is 5.91 Å². The summed E-state index contributed by atoms with van der Waals surface area (Å²) in [4.78, 5) is 11.3. The van der Waals surface area contributed by atoms with Crippen molar-refractivity contribution in [1.82, 2.24) is 15.1 Å². The molecule has 0 bridgehead atoms. The molecule has 1 aliphatic heterocycles. The van der Waals surface area contributed by atoms with Crippen molar-refractivity contribution in [2.24, 2.45) is 0 Å². The van der Waals surface area contributed by atoms with Crippen molar-refractivity contribution >= 4 is 24.0 Å². The average Bonchev–Trinajstić information content (AvgIpc) is 2.29. The van der Waals surface area contributed by atoms with Crippen LogP contribution < -0.4 is 11.1 Å². The lowest BCUT2D eigenvalue weighted by atomic mass is 10.2. The fraction of sp³-hybridized carbons (Fsp3) is 0.429. The number of amides is 1. The summed E-state index contributed by atoms with van der Waals surface area (Å²) in [5.74, 6) is -0.126. The third-order valence-electron chi connectivity index (χ3n) is 2.00. The maximum Gasteiger partial charge on any atom is 0.271 e. The van der Waals surface area contributed by atoms with Gasteiger partial charge >= 0.3 is 0 Å². The second-order valence-corrected chi connectivity index (χ2v) is 2.83. The van der Waals surface area contributed by atoms with E-state index in [4.69, 9.17) is 5.73 Å². The molecule has 0 unspecified atom stereocenters. The molecule has 0 aromatic carbocycles. The standard InChI is InChI=1S/C7H10N4O.ClH/c1-4-5(8)6-7(12)9-2-3-11(6)10-4;/h2-3,8H2,1H3,(H,9,12);1H. The van der Waals surface area contributed by atoms with Crippen LogP contribution in [0.25, 0.3) is 0 Å². The predicted molar refractivity (Wildman–Crippen MR) is 51.0 cm³/mol. The number of fused-ring (bicyclic) bond motifs is 1. The van der Waals surface area contributed by atoms with Crippen LogP contribution >= 0.6 is 12.4 Å². The van der Waals surface area contributed by atoms with E-state index < -0.39 is 0 Å². The van der Waals surface area contributed by atoms with E-state index in [1.54, 1.807) is 11.6 Å². The van der Waals surface area contributed by atoms with Gasteiger partial charge in [0.2, 0.25) is 0 Å². The highest BCUT2D eigenvalue weighted by Crippen LogP contribution is 2.17. The number of nitrogens with zero attached hydrogens (tertiary/aromatic N) is 2. The Balaban J connectivity index is 0.000000845. The van der Waals surface area contributed by atoms with E-state index in [2.05, 4.69) is 10.4 Å². The Morgan fingerprint density at radius 3 is 2.92 bits per heavy atom. The number of halogens is 1. The van der Waals surface area contributed by atoms with Crippen LogP contribution in [0, 0.1) is 6.92 Å². The molecule has 2 rings (SSSR count). The lowest BCUT2D eigenvalue weighted by molar-refractivity contribution is 0.0925. The summed E-state index contributed by atoms with van der Waals surface area (Å²) in [6.07, 6.45) is 0. The number of anilines is 1. The van der Waals surface area contributed by atoms with Crippen molar-refractivity contribution < 1.29 is 4.79 Å². The first-order valence-electron chi connectivity index (χ1n) is 3.81. The second-order valence-electron chi connectivity index (χ2n) is 2.83. The van der Waals surface area contributed by atoms with Gasteiger partial charge in [0, 0.05) is 6.54 Å². The van der Waals surface area contributed by atoms with Crippen molar-refractivity contribution in [3.05, 3.63) is 11.4 Å². The molecule has 13 heavy (non-hydrogen) atoms. The van der Waals surface area contributed by atoms with Gasteiger partial charge in [-0.1, -0.05) is 0 Å². The summed E-state index contributed by atoms with van der Waals surface area (Å²) >= 11 is 0. The van der Waals surface area contributed by atoms with Crippen LogP contribution in [-0.4, -0.2) is 22.2 Å². The molecule has 1 aromatic heterocycles. The number of nitrogens with one attached hydrogen (secondary N) is 1. The fourth-order valence-electron chi connectivity index (χ4n) is 1.36. The molecule has 1 amide bonds. The Kier molecular flexibility index (Phi) is 2.47. The monoisotopic (exact) mass is 202 g/mol. The maximum absolute atomic E-state index is 11.3. The number of carbonyl (C=O) groups excluding carboxylic acids is 1. The van der Waals surface area contributed by atoms with Crippen LogP contribution in [-0.2, 0) is 6.54 Å². The van der Waals surface area contributed by atoms with Gasteiger partial charge in [0.15, 0.2) is 0 Å². The van der Waals surface area contributed by atoms with Crippen LogP contribution in [0.4, 0.5) is 5.69 Å². The molecule has 1 aliphatic rings. The molecule has 0 saturated heterocycles. The number of hydrogen-bond donors (Lipinski definition) is 2. The van der Waals surface area contributed by atoms with Crippen LogP contribution in [0.3, 0.4) is 0 Å². The number of rotatable bonds is 0. The number of aryl methyl sites for hydroxylation is 1. The van der Waals surface area contributed by atoms with Crippen LogP contribution in [0.2, 0.25) is 0 Å². The highest BCUT2D eigenvalue weighted by Gasteiger charge is 2.22. The molecule has 0 aliphatic carbocycles. The van der Waals surface area contributed by atoms with Gasteiger partial charge in [-0.25, -0.2) is 0 Å². The van der Waals surface area contributed by atoms with Gasteiger partial charge in [-0.05, 0) is 6.92 Å². The summed E-state index contributed by atoms with van der Waals surface area (Å²) in [6, 6.07) is 0. The smallest absolute Gasteiger partial charge is 0.271 e. The Labute approximate surface area is 81.7 Å². The molecule has 72 valence electrons. The molecule has 0 atom stereocenters. The summed E-state index contributed by atoms with van der Waals surface area (Å²) in [6.45, 7) is 3.14. The summed E-state index contributed by atoms with van der Waals surface area (Å²) in [5, 5.41) is 6.84. The van der Waals surface area contributed by atoms with Gasteiger partial charge in [0.05, 0.1) is 17.9 Å². The first kappa shape index (κ1) is 9.85. The molecule has 6 heteroatoms. The number of nitrogens with two attached hydrogens (primary N) is 1. The minimum atomic E-state index is -0.126. The molecule has 5 nitrogen and oxygen atoms in total. The Morgan fingerprint density at radius 1 is 1.62 bits per heavy atom. The van der Waals surface area contributed by atoms with E-state index in [0.29, 0.717) is 24.5 Å². The second kappa shape index (κ2) is 3.26. The van der Waals surface area contributed by atoms with Gasteiger partial charge in [0.1, 0.15) is 5.69 Å². The first-order chi connectivity index (χ1) is 5.70. The minimum Gasteiger partial charge on any atom is -0.395 e. The van der Waals surface area contributed by atoms with Gasteiger partial charge in [-0.2, -0.15) is 5.10 Å². The minimum absolute atomic E-state index is 0. The van der Waals surface area contributed by atoms with E-state index >= 15 is 0 Å². The van der Waals surface area contributed by atoms with E-state index in [0.717, 1.165) is 5.69 Å². The molecular weight excluding hydrogens is 192 g/mol. The van der Waals surface area contributed by atoms with E-state index in [-0.39, 0.29) is 18.3 Å². The summed E-state index contributed by atoms with van der Waals surface area (Å²) in [7, 11) is 0. The number of nitrogen functional groups attached to an aromatic ring is 1. The average molecular weight is 203 g/mol. The molecule has 0 radical (unpaired) electrons. The highest BCUT2D eigenvalue weighted by molar-refractivity contribution is 5.98. The van der Waals surface area contributed by atoms with Crippen molar-refractivity contribution in [3.8, 4) is 0 Å². The van der Waals surface area contributed by atoms with E-state index in [9.17, 15) is 4.79 Å². The van der Waals surface area contributed by atoms with Crippen molar-refractivity contribution in [2.45, 2.75) is 13.5 Å². The highest BCUT2D eigenvalue weighted by atomic mass is 35.5. The molecule has 2 heterocycles. The zero-order valence-electron chi connectivity index (χ0n) is 7.20. The third-order valence-corrected chi connectivity index (χ3v) is 2.00. The van der Waals surface area contributed by atoms with Crippen molar-refractivity contribution in [1.29, 1.82) is 0 Å². The SMILES string of the molecule is Cc1nn2c(c1N)C(=O)NCC2.Cl. The molecule has 0 fully saturated rings. The van der Waals surface area contributed by atoms with Crippen LogP contribution in [0.15, 0.2) is 0 Å². The van der Waals surface area contributed by atoms with E-state index in [1.807, 2.05) is 0 Å². The van der Waals surface area contributed by atoms with Crippen LogP contribution in [0.1, 0.15) is 16.2 Å². The number of hydrogen-bond acceptors (Lipinski definition) is 3. The zero-order valence-corrected chi connectivity index (χ0v) is 8.02. The van der Waals surface area contributed by atoms with Crippen LogP contribution in [0.5, 0.6) is 0 Å². The van der Waals surface area contributed by atoms with Gasteiger partial charge < -0.3 is 11.1 Å². The molecule has 1 aromatic rings. The van der Waals surface area contributed by atoms with Crippen molar-refractivity contribution in [2.75, 3.05) is 12.3 Å². The number of carbonyl (C=O) groups is 1. The molecule has 0 saturated carbocycles. The largest absolute Gasteiger partial charge is 0.395 e. The van der Waals surface area contributed by atoms with Gasteiger partial charge in [-0.15, -0.1) is 12.4 Å². The lowest BCUT2D eigenvalue weighted by Crippen LogP contribution is -2.35. The molecule has 0 spiro atoms. The van der Waals surface area contributed by atoms with Gasteiger partial charge in [-0.3, -0.25) is 9.48 Å². The summed E-state index contributed by atoms with van der Waals surface area (Å²) in [5.41, 5.74) is 7.39. The number of aromatic nitrogens is 2. The Hall–Kier alpha value is -1.23. The first-order valence-corrected chi connectivity index (χ1v) is 3.81. The Morgan fingerprint density at radius 2 is 2.31 bits per heavy atom.